The molecule has 28 heavy (non-hydrogen) atoms. The SMILES string of the molecule is CCNC(=NCc1ccnc(-n2cccn2)c1)NCC(C)(O)c1cccs1.I. The molecule has 150 valence electrons. The second-order valence-corrected chi connectivity index (χ2v) is 7.22. The Bertz CT molecular complexity index is 864. The Morgan fingerprint density at radius 1 is 1.29 bits per heavy atom. The lowest BCUT2D eigenvalue weighted by Gasteiger charge is -2.23. The fourth-order valence-electron chi connectivity index (χ4n) is 2.53. The summed E-state index contributed by atoms with van der Waals surface area (Å²) in [6.07, 6.45) is 5.33. The third-order valence-corrected chi connectivity index (χ3v) is 5.09. The van der Waals surface area contributed by atoms with Crippen LogP contribution in [0.3, 0.4) is 0 Å². The molecule has 3 N–H and O–H groups in total. The van der Waals surface area contributed by atoms with E-state index in [1.165, 1.54) is 11.3 Å². The molecule has 0 saturated carbocycles. The molecule has 0 aromatic carbocycles. The molecular weight excluding hydrogens is 487 g/mol. The maximum absolute atomic E-state index is 10.7. The largest absolute Gasteiger partial charge is 0.383 e. The van der Waals surface area contributed by atoms with Crippen molar-refractivity contribution in [2.24, 2.45) is 4.99 Å². The summed E-state index contributed by atoms with van der Waals surface area (Å²) in [7, 11) is 0. The molecule has 3 heterocycles. The van der Waals surface area contributed by atoms with Crippen LogP contribution < -0.4 is 10.6 Å². The lowest BCUT2D eigenvalue weighted by molar-refractivity contribution is 0.0655. The molecular formula is C19H25IN6OS. The molecule has 0 amide bonds. The quantitative estimate of drug-likeness (QED) is 0.258. The minimum Gasteiger partial charge on any atom is -0.383 e. The van der Waals surface area contributed by atoms with Crippen LogP contribution in [0.25, 0.3) is 5.82 Å². The van der Waals surface area contributed by atoms with Crippen LogP contribution in [0.15, 0.2) is 59.3 Å². The third-order valence-electron chi connectivity index (χ3n) is 3.97. The molecule has 1 atom stereocenters. The van der Waals surface area contributed by atoms with Crippen LogP contribution in [0.5, 0.6) is 0 Å². The van der Waals surface area contributed by atoms with Crippen LogP contribution in [0.1, 0.15) is 24.3 Å². The minimum atomic E-state index is -0.950. The van der Waals surface area contributed by atoms with Gasteiger partial charge in [0.15, 0.2) is 11.8 Å². The molecule has 3 aromatic rings. The molecule has 9 heteroatoms. The van der Waals surface area contributed by atoms with Gasteiger partial charge in [-0.3, -0.25) is 0 Å². The maximum Gasteiger partial charge on any atom is 0.191 e. The van der Waals surface area contributed by atoms with E-state index in [2.05, 4.69) is 25.7 Å². The van der Waals surface area contributed by atoms with E-state index in [1.807, 2.05) is 48.8 Å². The Kier molecular flexibility index (Phi) is 8.39. The van der Waals surface area contributed by atoms with Gasteiger partial charge >= 0.3 is 0 Å². The van der Waals surface area contributed by atoms with Crippen molar-refractivity contribution in [3.05, 3.63) is 64.7 Å². The van der Waals surface area contributed by atoms with Gasteiger partial charge in [0.25, 0.3) is 0 Å². The highest BCUT2D eigenvalue weighted by Gasteiger charge is 2.24. The Hall–Kier alpha value is -1.98. The van der Waals surface area contributed by atoms with Gasteiger partial charge in [0, 0.05) is 30.0 Å². The zero-order valence-electron chi connectivity index (χ0n) is 15.9. The van der Waals surface area contributed by atoms with E-state index in [9.17, 15) is 5.11 Å². The third kappa shape index (κ3) is 6.01. The summed E-state index contributed by atoms with van der Waals surface area (Å²) >= 11 is 1.54. The smallest absolute Gasteiger partial charge is 0.191 e. The number of nitrogens with zero attached hydrogens (tertiary/aromatic N) is 4. The number of nitrogens with one attached hydrogen (secondary N) is 2. The van der Waals surface area contributed by atoms with E-state index in [0.29, 0.717) is 19.0 Å². The topological polar surface area (TPSA) is 87.4 Å². The molecule has 0 aliphatic heterocycles. The normalized spacial score (nSPS) is 13.5. The summed E-state index contributed by atoms with van der Waals surface area (Å²) in [6, 6.07) is 9.63. The predicted octanol–water partition coefficient (Wildman–Crippen LogP) is 2.91. The van der Waals surface area contributed by atoms with E-state index < -0.39 is 5.60 Å². The standard InChI is InChI=1S/C19H24N6OS.HI/c1-3-20-18(23-14-19(2,26)16-6-4-11-27-16)22-13-15-7-9-21-17(12-15)25-10-5-8-24-25;/h4-12,26H,3,13-14H2,1-2H3,(H2,20,22,23);1H. The number of aliphatic hydroxyl groups is 1. The first kappa shape index (κ1) is 22.3. The molecule has 0 aliphatic carbocycles. The van der Waals surface area contributed by atoms with Gasteiger partial charge in [0.2, 0.25) is 0 Å². The molecule has 0 aliphatic rings. The van der Waals surface area contributed by atoms with Crippen LogP contribution in [0, 0.1) is 0 Å². The van der Waals surface area contributed by atoms with Crippen LogP contribution in [0.4, 0.5) is 0 Å². The van der Waals surface area contributed by atoms with Crippen molar-refractivity contribution >= 4 is 41.3 Å². The zero-order chi connectivity index (χ0) is 19.1. The van der Waals surface area contributed by atoms with Gasteiger partial charge in [-0.25, -0.2) is 14.7 Å². The lowest BCUT2D eigenvalue weighted by Crippen LogP contribution is -2.44. The fourth-order valence-corrected chi connectivity index (χ4v) is 3.32. The van der Waals surface area contributed by atoms with E-state index in [0.717, 1.165) is 22.8 Å². The first-order valence-corrected chi connectivity index (χ1v) is 9.70. The van der Waals surface area contributed by atoms with E-state index in [4.69, 9.17) is 0 Å². The minimum absolute atomic E-state index is 0. The number of rotatable bonds is 7. The first-order chi connectivity index (χ1) is 13.1. The average molecular weight is 512 g/mol. The summed E-state index contributed by atoms with van der Waals surface area (Å²) in [5.41, 5.74) is 0.0756. The first-order valence-electron chi connectivity index (χ1n) is 8.82. The number of thiophene rings is 1. The molecule has 3 aromatic heterocycles. The second-order valence-electron chi connectivity index (χ2n) is 6.27. The summed E-state index contributed by atoms with van der Waals surface area (Å²) in [6.45, 7) is 5.41. The van der Waals surface area contributed by atoms with Gasteiger partial charge in [-0.05, 0) is 49.1 Å². The number of pyridine rings is 1. The van der Waals surface area contributed by atoms with E-state index >= 15 is 0 Å². The number of aromatic nitrogens is 3. The molecule has 0 spiro atoms. The summed E-state index contributed by atoms with van der Waals surface area (Å²) in [5, 5.41) is 23.3. The molecule has 0 radical (unpaired) electrons. The molecule has 7 nitrogen and oxygen atoms in total. The molecule has 0 saturated heterocycles. The number of halogens is 1. The Morgan fingerprint density at radius 2 is 2.14 bits per heavy atom. The van der Waals surface area contributed by atoms with E-state index in [1.54, 1.807) is 24.0 Å². The highest BCUT2D eigenvalue weighted by molar-refractivity contribution is 14.0. The van der Waals surface area contributed by atoms with Crippen molar-refractivity contribution in [2.75, 3.05) is 13.1 Å². The highest BCUT2D eigenvalue weighted by Crippen LogP contribution is 2.24. The van der Waals surface area contributed by atoms with Gasteiger partial charge < -0.3 is 15.7 Å². The van der Waals surface area contributed by atoms with Gasteiger partial charge in [-0.15, -0.1) is 35.3 Å². The molecule has 3 rings (SSSR count). The van der Waals surface area contributed by atoms with Crippen molar-refractivity contribution in [3.8, 4) is 5.82 Å². The van der Waals surface area contributed by atoms with Gasteiger partial charge in [-0.1, -0.05) is 6.07 Å². The number of guanidine groups is 1. The lowest BCUT2D eigenvalue weighted by atomic mass is 10.1. The van der Waals surface area contributed by atoms with Crippen molar-refractivity contribution in [2.45, 2.75) is 26.0 Å². The maximum atomic E-state index is 10.7. The van der Waals surface area contributed by atoms with Crippen LogP contribution >= 0.6 is 35.3 Å². The van der Waals surface area contributed by atoms with Crippen molar-refractivity contribution in [3.63, 3.8) is 0 Å². The van der Waals surface area contributed by atoms with Gasteiger partial charge in [0.1, 0.15) is 5.60 Å². The van der Waals surface area contributed by atoms with E-state index in [-0.39, 0.29) is 24.0 Å². The highest BCUT2D eigenvalue weighted by atomic mass is 127. The van der Waals surface area contributed by atoms with Crippen LogP contribution in [-0.4, -0.2) is 38.9 Å². The Balaban J connectivity index is 0.00000280. The van der Waals surface area contributed by atoms with Gasteiger partial charge in [-0.2, -0.15) is 5.10 Å². The van der Waals surface area contributed by atoms with Crippen molar-refractivity contribution in [1.82, 2.24) is 25.4 Å². The number of hydrogen-bond donors (Lipinski definition) is 3. The van der Waals surface area contributed by atoms with Gasteiger partial charge in [0.05, 0.1) is 13.1 Å². The number of aliphatic imine (C=N–C) groups is 1. The summed E-state index contributed by atoms with van der Waals surface area (Å²) < 4.78 is 1.72. The average Bonchev–Trinajstić information content (AvgIpc) is 3.38. The van der Waals surface area contributed by atoms with Crippen molar-refractivity contribution in [1.29, 1.82) is 0 Å². The van der Waals surface area contributed by atoms with Crippen LogP contribution in [0.2, 0.25) is 0 Å². The fraction of sp³-hybridized carbons (Fsp3) is 0.316. The summed E-state index contributed by atoms with van der Waals surface area (Å²) in [5.74, 6) is 1.41. The molecule has 0 bridgehead atoms. The molecule has 0 fully saturated rings. The monoisotopic (exact) mass is 512 g/mol. The molecule has 1 unspecified atom stereocenters. The Labute approximate surface area is 186 Å². The van der Waals surface area contributed by atoms with Crippen LogP contribution in [-0.2, 0) is 12.1 Å². The second kappa shape index (κ2) is 10.5. The number of hydrogen-bond acceptors (Lipinski definition) is 5. The Morgan fingerprint density at radius 3 is 2.82 bits per heavy atom. The van der Waals surface area contributed by atoms with Crippen molar-refractivity contribution < 1.29 is 5.11 Å². The summed E-state index contributed by atoms with van der Waals surface area (Å²) in [4.78, 5) is 9.87. The predicted molar refractivity (Wildman–Crippen MR) is 123 cm³/mol. The zero-order valence-corrected chi connectivity index (χ0v) is 19.0.